The topological polar surface area (TPSA) is 44.5 Å². The third kappa shape index (κ3) is 2.30. The largest absolute Gasteiger partial charge is 0.350 e. The first-order valence-corrected chi connectivity index (χ1v) is 4.57. The van der Waals surface area contributed by atoms with E-state index in [0.29, 0.717) is 6.54 Å². The van der Waals surface area contributed by atoms with E-state index in [1.165, 1.54) is 0 Å². The van der Waals surface area contributed by atoms with E-state index < -0.39 is 0 Å². The number of hydrogen-bond donors (Lipinski definition) is 2. The molecule has 0 aromatic heterocycles. The molecule has 0 saturated carbocycles. The van der Waals surface area contributed by atoms with Crippen LogP contribution in [0.2, 0.25) is 0 Å². The third-order valence-corrected chi connectivity index (χ3v) is 2.50. The Morgan fingerprint density at radius 1 is 1.58 bits per heavy atom. The molecule has 0 amide bonds. The molecule has 12 heavy (non-hydrogen) atoms. The lowest BCUT2D eigenvalue weighted by atomic mass is 10.6. The maximum Gasteiger partial charge on any atom is 0.172 e. The van der Waals surface area contributed by atoms with Crippen molar-refractivity contribution < 1.29 is 0 Å². The second-order valence-corrected chi connectivity index (χ2v) is 3.28. The molecule has 0 spiro atoms. The van der Waals surface area contributed by atoms with Crippen molar-refractivity contribution in [2.45, 2.75) is 0 Å². The lowest BCUT2D eigenvalue weighted by molar-refractivity contribution is 0.422. The van der Waals surface area contributed by atoms with Gasteiger partial charge in [0.1, 0.15) is 0 Å². The predicted octanol–water partition coefficient (Wildman–Crippen LogP) is -0.975. The van der Waals surface area contributed by atoms with Crippen LogP contribution in [0.5, 0.6) is 0 Å². The first-order chi connectivity index (χ1) is 5.75. The number of likely N-dealkylation sites (N-methyl/N-ethyl adjacent to an activating group) is 1. The van der Waals surface area contributed by atoms with Crippen LogP contribution in [0.15, 0.2) is 0 Å². The molecule has 1 heterocycles. The molecule has 0 aromatic carbocycles. The quantitative estimate of drug-likeness (QED) is 0.439. The lowest BCUT2D eigenvalue weighted by Crippen LogP contribution is -2.38. The van der Waals surface area contributed by atoms with Gasteiger partial charge in [0.2, 0.25) is 0 Å². The van der Waals surface area contributed by atoms with Crippen molar-refractivity contribution in [1.29, 1.82) is 0 Å². The zero-order valence-electron chi connectivity index (χ0n) is 7.42. The zero-order valence-corrected chi connectivity index (χ0v) is 8.23. The molecule has 1 fully saturated rings. The Bertz CT molecular complexity index is 161. The van der Waals surface area contributed by atoms with Gasteiger partial charge in [0, 0.05) is 33.2 Å². The first kappa shape index (κ1) is 9.70. The highest BCUT2D eigenvalue weighted by Gasteiger charge is 2.20. The summed E-state index contributed by atoms with van der Waals surface area (Å²) in [6, 6.07) is 0. The van der Waals surface area contributed by atoms with Crippen LogP contribution in [0.25, 0.3) is 0 Å². The molecule has 70 valence electrons. The van der Waals surface area contributed by atoms with E-state index in [4.69, 9.17) is 18.0 Å². The van der Waals surface area contributed by atoms with Crippen molar-refractivity contribution in [3.63, 3.8) is 0 Å². The fraction of sp³-hybridized carbons (Fsp3) is 0.857. The standard InChI is InChI=1S/C7H16N4S/c1-10-4-5-11(7(10)12)6-9-3-2-8/h9H,2-6,8H2,1H3. The van der Waals surface area contributed by atoms with E-state index in [9.17, 15) is 0 Å². The summed E-state index contributed by atoms with van der Waals surface area (Å²) in [7, 11) is 2.02. The minimum atomic E-state index is 0.677. The van der Waals surface area contributed by atoms with Crippen molar-refractivity contribution in [2.24, 2.45) is 5.73 Å². The number of thiocarbonyl (C=S) groups is 1. The van der Waals surface area contributed by atoms with Crippen molar-refractivity contribution in [3.05, 3.63) is 0 Å². The molecule has 1 rings (SSSR count). The Morgan fingerprint density at radius 2 is 2.33 bits per heavy atom. The van der Waals surface area contributed by atoms with Crippen molar-refractivity contribution in [1.82, 2.24) is 15.1 Å². The molecule has 1 aliphatic rings. The monoisotopic (exact) mass is 188 g/mol. The zero-order chi connectivity index (χ0) is 8.97. The van der Waals surface area contributed by atoms with Crippen LogP contribution >= 0.6 is 12.2 Å². The molecule has 0 bridgehead atoms. The summed E-state index contributed by atoms with van der Waals surface area (Å²) in [5, 5.41) is 4.14. The maximum absolute atomic E-state index is 5.35. The molecule has 0 atom stereocenters. The van der Waals surface area contributed by atoms with Gasteiger partial charge in [-0.1, -0.05) is 0 Å². The van der Waals surface area contributed by atoms with E-state index in [0.717, 1.165) is 31.4 Å². The highest BCUT2D eigenvalue weighted by molar-refractivity contribution is 7.80. The number of nitrogens with zero attached hydrogens (tertiary/aromatic N) is 2. The molecule has 0 aromatic rings. The van der Waals surface area contributed by atoms with Crippen molar-refractivity contribution >= 4 is 17.3 Å². The van der Waals surface area contributed by atoms with Crippen molar-refractivity contribution in [2.75, 3.05) is 39.9 Å². The predicted molar refractivity (Wildman–Crippen MR) is 53.9 cm³/mol. The minimum Gasteiger partial charge on any atom is -0.350 e. The Morgan fingerprint density at radius 3 is 2.83 bits per heavy atom. The second-order valence-electron chi connectivity index (χ2n) is 2.91. The smallest absolute Gasteiger partial charge is 0.172 e. The highest BCUT2D eigenvalue weighted by atomic mass is 32.1. The van der Waals surface area contributed by atoms with Gasteiger partial charge in [0.15, 0.2) is 5.11 Å². The number of nitrogens with two attached hydrogens (primary N) is 1. The molecule has 0 aliphatic carbocycles. The van der Waals surface area contributed by atoms with Crippen molar-refractivity contribution in [3.8, 4) is 0 Å². The number of rotatable bonds is 4. The van der Waals surface area contributed by atoms with E-state index in [1.54, 1.807) is 0 Å². The van der Waals surface area contributed by atoms with Crippen LogP contribution in [0.4, 0.5) is 0 Å². The molecule has 0 radical (unpaired) electrons. The molecule has 5 heteroatoms. The summed E-state index contributed by atoms with van der Waals surface area (Å²) in [5.74, 6) is 0. The van der Waals surface area contributed by atoms with Gasteiger partial charge in [-0.15, -0.1) is 0 Å². The molecule has 0 unspecified atom stereocenters. The normalized spacial score (nSPS) is 17.7. The van der Waals surface area contributed by atoms with Gasteiger partial charge in [0.25, 0.3) is 0 Å². The van der Waals surface area contributed by atoms with Crippen LogP contribution in [-0.4, -0.2) is 54.8 Å². The van der Waals surface area contributed by atoms with Crippen LogP contribution in [0.3, 0.4) is 0 Å². The molecule has 1 saturated heterocycles. The molecule has 3 N–H and O–H groups in total. The van der Waals surface area contributed by atoms with E-state index in [1.807, 2.05) is 7.05 Å². The van der Waals surface area contributed by atoms with Gasteiger partial charge in [-0.2, -0.15) is 0 Å². The van der Waals surface area contributed by atoms with Crippen LogP contribution in [0.1, 0.15) is 0 Å². The Labute approximate surface area is 78.7 Å². The Balaban J connectivity index is 2.20. The Hall–Kier alpha value is -0.390. The van der Waals surface area contributed by atoms with Gasteiger partial charge in [-0.05, 0) is 12.2 Å². The van der Waals surface area contributed by atoms with Gasteiger partial charge in [-0.25, -0.2) is 0 Å². The fourth-order valence-electron chi connectivity index (χ4n) is 1.17. The minimum absolute atomic E-state index is 0.677. The first-order valence-electron chi connectivity index (χ1n) is 4.16. The highest BCUT2D eigenvalue weighted by Crippen LogP contribution is 2.03. The maximum atomic E-state index is 5.35. The van der Waals surface area contributed by atoms with Gasteiger partial charge < -0.3 is 15.5 Å². The third-order valence-electron chi connectivity index (χ3n) is 1.93. The fourth-order valence-corrected chi connectivity index (χ4v) is 1.41. The van der Waals surface area contributed by atoms with Gasteiger partial charge in [-0.3, -0.25) is 5.32 Å². The van der Waals surface area contributed by atoms with E-state index in [2.05, 4.69) is 15.1 Å². The van der Waals surface area contributed by atoms with Crippen LogP contribution in [0, 0.1) is 0 Å². The molecular formula is C7H16N4S. The molecular weight excluding hydrogens is 172 g/mol. The number of nitrogens with one attached hydrogen (secondary N) is 1. The number of hydrogen-bond acceptors (Lipinski definition) is 3. The van der Waals surface area contributed by atoms with Crippen LogP contribution < -0.4 is 11.1 Å². The summed E-state index contributed by atoms with van der Waals surface area (Å²) in [6.45, 7) is 4.40. The molecule has 4 nitrogen and oxygen atoms in total. The van der Waals surface area contributed by atoms with Gasteiger partial charge in [0.05, 0.1) is 6.67 Å². The molecule has 1 aliphatic heterocycles. The van der Waals surface area contributed by atoms with E-state index in [-0.39, 0.29) is 0 Å². The summed E-state index contributed by atoms with van der Waals surface area (Å²) < 4.78 is 0. The average molecular weight is 188 g/mol. The average Bonchev–Trinajstić information content (AvgIpc) is 2.36. The van der Waals surface area contributed by atoms with Gasteiger partial charge >= 0.3 is 0 Å². The second kappa shape index (κ2) is 4.59. The van der Waals surface area contributed by atoms with Crippen LogP contribution in [-0.2, 0) is 0 Å². The summed E-state index contributed by atoms with van der Waals surface area (Å²) >= 11 is 5.19. The van der Waals surface area contributed by atoms with E-state index >= 15 is 0 Å². The SMILES string of the molecule is CN1CCN(CNCCN)C1=S. The summed E-state index contributed by atoms with van der Waals surface area (Å²) in [6.07, 6.45) is 0. The summed E-state index contributed by atoms with van der Waals surface area (Å²) in [4.78, 5) is 4.23. The lowest BCUT2D eigenvalue weighted by Gasteiger charge is -2.19. The summed E-state index contributed by atoms with van der Waals surface area (Å²) in [5.41, 5.74) is 5.35. The Kier molecular flexibility index (Phi) is 3.71.